The number of carbonyl (C=O) groups is 1. The monoisotopic (exact) mass is 438 g/mol. The third kappa shape index (κ3) is 4.05. The lowest BCUT2D eigenvalue weighted by Gasteiger charge is -2.55. The van der Waals surface area contributed by atoms with Crippen LogP contribution in [0.25, 0.3) is 0 Å². The summed E-state index contributed by atoms with van der Waals surface area (Å²) in [5.41, 5.74) is 3.98. The second kappa shape index (κ2) is 8.80. The Balaban J connectivity index is 1.54. The second-order valence-electron chi connectivity index (χ2n) is 12.4. The average Bonchev–Trinajstić information content (AvgIpc) is 3.08. The van der Waals surface area contributed by atoms with Crippen LogP contribution in [0.1, 0.15) is 93.4 Å². The van der Waals surface area contributed by atoms with Crippen molar-refractivity contribution in [3.05, 3.63) is 35.5 Å². The Kier molecular flexibility index (Phi) is 6.56. The zero-order valence-corrected chi connectivity index (χ0v) is 21.6. The molecule has 4 aliphatic carbocycles. The van der Waals surface area contributed by atoms with Gasteiger partial charge in [0.15, 0.2) is 0 Å². The summed E-state index contributed by atoms with van der Waals surface area (Å²) < 4.78 is 5.59. The molecule has 2 heteroatoms. The van der Waals surface area contributed by atoms with Gasteiger partial charge in [0.05, 0.1) is 0 Å². The molecule has 0 radical (unpaired) electrons. The van der Waals surface area contributed by atoms with E-state index in [2.05, 4.69) is 65.8 Å². The van der Waals surface area contributed by atoms with Crippen molar-refractivity contribution in [1.29, 1.82) is 0 Å². The quantitative estimate of drug-likeness (QED) is 0.322. The van der Waals surface area contributed by atoms with E-state index in [0.29, 0.717) is 29.1 Å². The lowest BCUT2D eigenvalue weighted by molar-refractivity contribution is -0.148. The van der Waals surface area contributed by atoms with E-state index in [0.717, 1.165) is 31.1 Å². The minimum absolute atomic E-state index is 0.0763. The molecule has 0 heterocycles. The van der Waals surface area contributed by atoms with E-state index >= 15 is 0 Å². The molecule has 0 unspecified atom stereocenters. The van der Waals surface area contributed by atoms with Crippen molar-refractivity contribution in [3.63, 3.8) is 0 Å². The molecule has 0 aliphatic heterocycles. The van der Waals surface area contributed by atoms with Gasteiger partial charge in [-0.05, 0) is 84.9 Å². The fourth-order valence-electron chi connectivity index (χ4n) is 7.92. The molecule has 4 rings (SSSR count). The molecule has 3 saturated carbocycles. The first-order valence-electron chi connectivity index (χ1n) is 13.3. The first-order chi connectivity index (χ1) is 15.1. The summed E-state index contributed by atoms with van der Waals surface area (Å²) in [5, 5.41) is 0. The van der Waals surface area contributed by atoms with Crippen LogP contribution in [-0.4, -0.2) is 12.1 Å². The Morgan fingerprint density at radius 1 is 1.00 bits per heavy atom. The van der Waals surface area contributed by atoms with E-state index < -0.39 is 0 Å². The molecule has 0 aromatic heterocycles. The van der Waals surface area contributed by atoms with Crippen molar-refractivity contribution in [2.45, 2.75) is 99.5 Å². The highest BCUT2D eigenvalue weighted by Gasteiger charge is 2.56. The molecule has 0 N–H and O–H groups in total. The number of fused-ring (bicyclic) bond motifs is 5. The van der Waals surface area contributed by atoms with Gasteiger partial charge in [-0.1, -0.05) is 77.0 Å². The normalized spacial score (nSPS) is 40.8. The molecule has 0 bridgehead atoms. The molecule has 0 aromatic rings. The van der Waals surface area contributed by atoms with Crippen molar-refractivity contribution in [2.24, 2.45) is 46.3 Å². The Morgan fingerprint density at radius 2 is 1.75 bits per heavy atom. The van der Waals surface area contributed by atoms with Crippen LogP contribution in [0.3, 0.4) is 0 Å². The number of rotatable bonds is 5. The molecule has 8 atom stereocenters. The molecular formula is C30H46O2. The van der Waals surface area contributed by atoms with Crippen molar-refractivity contribution < 1.29 is 9.53 Å². The Hall–Kier alpha value is -1.31. The molecule has 2 nitrogen and oxygen atoms in total. The summed E-state index contributed by atoms with van der Waals surface area (Å²) in [6, 6.07) is 0. The van der Waals surface area contributed by atoms with Crippen LogP contribution in [0.15, 0.2) is 35.5 Å². The van der Waals surface area contributed by atoms with Gasteiger partial charge in [0.25, 0.3) is 0 Å². The highest BCUT2D eigenvalue weighted by atomic mass is 16.5. The van der Waals surface area contributed by atoms with E-state index in [1.54, 1.807) is 12.5 Å². The maximum Gasteiger partial charge on any atom is 0.302 e. The lowest BCUT2D eigenvalue weighted by atomic mass is 9.50. The molecular weight excluding hydrogens is 392 g/mol. The molecule has 0 saturated heterocycles. The van der Waals surface area contributed by atoms with Gasteiger partial charge in [-0.25, -0.2) is 0 Å². The van der Waals surface area contributed by atoms with Gasteiger partial charge < -0.3 is 4.74 Å². The predicted molar refractivity (Wildman–Crippen MR) is 133 cm³/mol. The zero-order valence-electron chi connectivity index (χ0n) is 21.6. The minimum Gasteiger partial charge on any atom is -0.462 e. The van der Waals surface area contributed by atoms with Gasteiger partial charge in [0.2, 0.25) is 0 Å². The van der Waals surface area contributed by atoms with Gasteiger partial charge in [-0.2, -0.15) is 0 Å². The van der Waals surface area contributed by atoms with Crippen molar-refractivity contribution >= 4 is 5.97 Å². The minimum atomic E-state index is -0.136. The lowest BCUT2D eigenvalue weighted by Crippen LogP contribution is -2.46. The van der Waals surface area contributed by atoms with Crippen molar-refractivity contribution in [3.8, 4) is 0 Å². The van der Waals surface area contributed by atoms with Crippen molar-refractivity contribution in [2.75, 3.05) is 0 Å². The first-order valence-corrected chi connectivity index (χ1v) is 13.3. The van der Waals surface area contributed by atoms with Gasteiger partial charge in [0, 0.05) is 13.3 Å². The summed E-state index contributed by atoms with van der Waals surface area (Å²) in [5.74, 6) is 4.11. The number of hydrogen-bond acceptors (Lipinski definition) is 2. The summed E-state index contributed by atoms with van der Waals surface area (Å²) in [6.45, 7) is 16.1. The van der Waals surface area contributed by atoms with Crippen LogP contribution in [0, 0.1) is 46.3 Å². The Morgan fingerprint density at radius 3 is 2.44 bits per heavy atom. The SMILES string of the molecule is CC(=O)O[C@@H]1CC[C@]2(C)C(=CC=C3[C@H]4CC[C@H]([C@H](C)/C=C\[C@@H](C)C(C)C)[C@]4(C)CC[C@@H]32)C1. The maximum absolute atomic E-state index is 11.5. The summed E-state index contributed by atoms with van der Waals surface area (Å²) >= 11 is 0. The number of carbonyl (C=O) groups excluding carboxylic acids is 1. The maximum atomic E-state index is 11.5. The van der Waals surface area contributed by atoms with E-state index in [9.17, 15) is 4.79 Å². The van der Waals surface area contributed by atoms with E-state index in [4.69, 9.17) is 4.74 Å². The van der Waals surface area contributed by atoms with Gasteiger partial charge in [-0.3, -0.25) is 4.79 Å². The molecule has 178 valence electrons. The number of hydrogen-bond donors (Lipinski definition) is 0. The summed E-state index contributed by atoms with van der Waals surface area (Å²) in [6.07, 6.45) is 18.5. The van der Waals surface area contributed by atoms with Crippen LogP contribution in [-0.2, 0) is 9.53 Å². The predicted octanol–water partition coefficient (Wildman–Crippen LogP) is 7.90. The standard InChI is InChI=1S/C30H46O2/c1-19(2)20(3)8-9-21(4)26-12-13-27-25-11-10-23-18-24(32-22(5)31)14-16-29(23,6)28(25)15-17-30(26,27)7/h8-11,19-21,24,26-28H,12-18H2,1-7H3/b9-8-/t20-,21-,24-,26-,27-,28+,29-,30+/m1/s1. The van der Waals surface area contributed by atoms with E-state index in [1.165, 1.54) is 31.3 Å². The van der Waals surface area contributed by atoms with E-state index in [-0.39, 0.29) is 17.5 Å². The first kappa shape index (κ1) is 23.8. The number of allylic oxidation sites excluding steroid dienone is 5. The Labute approximate surface area is 197 Å². The molecule has 0 amide bonds. The number of ether oxygens (including phenoxy) is 1. The average molecular weight is 439 g/mol. The molecule has 0 spiro atoms. The fraction of sp³-hybridized carbons (Fsp3) is 0.767. The zero-order chi connectivity index (χ0) is 23.3. The summed E-state index contributed by atoms with van der Waals surface area (Å²) in [4.78, 5) is 11.5. The van der Waals surface area contributed by atoms with Gasteiger partial charge in [0.1, 0.15) is 6.10 Å². The van der Waals surface area contributed by atoms with E-state index in [1.807, 2.05) is 0 Å². The van der Waals surface area contributed by atoms with Crippen LogP contribution in [0.5, 0.6) is 0 Å². The molecule has 3 fully saturated rings. The van der Waals surface area contributed by atoms with Crippen LogP contribution >= 0.6 is 0 Å². The second-order valence-corrected chi connectivity index (χ2v) is 12.4. The third-order valence-corrected chi connectivity index (χ3v) is 10.3. The summed E-state index contributed by atoms with van der Waals surface area (Å²) in [7, 11) is 0. The number of esters is 1. The van der Waals surface area contributed by atoms with Gasteiger partial charge in [-0.15, -0.1) is 0 Å². The van der Waals surface area contributed by atoms with Crippen LogP contribution in [0.2, 0.25) is 0 Å². The van der Waals surface area contributed by atoms with Crippen molar-refractivity contribution in [1.82, 2.24) is 0 Å². The van der Waals surface area contributed by atoms with Crippen LogP contribution in [0.4, 0.5) is 0 Å². The Bertz CT molecular complexity index is 817. The molecule has 4 aliphatic rings. The van der Waals surface area contributed by atoms with Crippen LogP contribution < -0.4 is 0 Å². The van der Waals surface area contributed by atoms with Gasteiger partial charge >= 0.3 is 5.97 Å². The largest absolute Gasteiger partial charge is 0.462 e. The third-order valence-electron chi connectivity index (χ3n) is 10.3. The topological polar surface area (TPSA) is 26.3 Å². The molecule has 32 heavy (non-hydrogen) atoms. The smallest absolute Gasteiger partial charge is 0.302 e. The highest BCUT2D eigenvalue weighted by molar-refractivity contribution is 5.66. The highest BCUT2D eigenvalue weighted by Crippen LogP contribution is 2.66. The fourth-order valence-corrected chi connectivity index (χ4v) is 7.92. The molecule has 0 aromatic carbocycles.